The SMILES string of the molecule is CC(C)(C)c1ccc(CN2CCC3(CCNC3)C2)s1. The number of nitrogens with one attached hydrogen (secondary N) is 1. The maximum atomic E-state index is 3.54. The van der Waals surface area contributed by atoms with Crippen LogP contribution in [0.1, 0.15) is 43.4 Å². The van der Waals surface area contributed by atoms with Gasteiger partial charge < -0.3 is 5.32 Å². The second kappa shape index (κ2) is 4.87. The van der Waals surface area contributed by atoms with Crippen molar-refractivity contribution in [2.75, 3.05) is 26.2 Å². The minimum Gasteiger partial charge on any atom is -0.316 e. The highest BCUT2D eigenvalue weighted by molar-refractivity contribution is 7.12. The highest BCUT2D eigenvalue weighted by Crippen LogP contribution is 2.37. The summed E-state index contributed by atoms with van der Waals surface area (Å²) in [7, 11) is 0. The van der Waals surface area contributed by atoms with E-state index in [1.54, 1.807) is 0 Å². The molecule has 2 fully saturated rings. The van der Waals surface area contributed by atoms with Gasteiger partial charge >= 0.3 is 0 Å². The highest BCUT2D eigenvalue weighted by Gasteiger charge is 2.40. The van der Waals surface area contributed by atoms with Crippen molar-refractivity contribution in [2.45, 2.75) is 45.6 Å². The first-order chi connectivity index (χ1) is 8.97. The largest absolute Gasteiger partial charge is 0.316 e. The van der Waals surface area contributed by atoms with Crippen LogP contribution in [-0.4, -0.2) is 31.1 Å². The van der Waals surface area contributed by atoms with Crippen LogP contribution in [-0.2, 0) is 12.0 Å². The zero-order chi connectivity index (χ0) is 13.5. The maximum Gasteiger partial charge on any atom is 0.0328 e. The van der Waals surface area contributed by atoms with E-state index in [0.717, 1.165) is 6.54 Å². The number of hydrogen-bond acceptors (Lipinski definition) is 3. The van der Waals surface area contributed by atoms with Crippen LogP contribution in [0.5, 0.6) is 0 Å². The van der Waals surface area contributed by atoms with Crippen LogP contribution in [0.25, 0.3) is 0 Å². The van der Waals surface area contributed by atoms with E-state index in [9.17, 15) is 0 Å². The molecule has 19 heavy (non-hydrogen) atoms. The Morgan fingerprint density at radius 3 is 2.79 bits per heavy atom. The van der Waals surface area contributed by atoms with Gasteiger partial charge in [-0.05, 0) is 48.9 Å². The Labute approximate surface area is 121 Å². The van der Waals surface area contributed by atoms with Crippen LogP contribution in [0.2, 0.25) is 0 Å². The average molecular weight is 278 g/mol. The van der Waals surface area contributed by atoms with Crippen LogP contribution >= 0.6 is 11.3 Å². The summed E-state index contributed by atoms with van der Waals surface area (Å²) < 4.78 is 0. The van der Waals surface area contributed by atoms with Crippen LogP contribution in [0.3, 0.4) is 0 Å². The van der Waals surface area contributed by atoms with Gasteiger partial charge in [0.15, 0.2) is 0 Å². The Balaban J connectivity index is 1.62. The van der Waals surface area contributed by atoms with Gasteiger partial charge in [0, 0.05) is 29.4 Å². The van der Waals surface area contributed by atoms with E-state index in [1.807, 2.05) is 11.3 Å². The molecule has 1 atom stereocenters. The molecule has 106 valence electrons. The first kappa shape index (κ1) is 13.6. The Hall–Kier alpha value is -0.380. The van der Waals surface area contributed by atoms with Gasteiger partial charge in [-0.25, -0.2) is 0 Å². The lowest BCUT2D eigenvalue weighted by Crippen LogP contribution is -2.28. The van der Waals surface area contributed by atoms with E-state index in [1.165, 1.54) is 48.8 Å². The van der Waals surface area contributed by atoms with Crippen LogP contribution in [0.4, 0.5) is 0 Å². The summed E-state index contributed by atoms with van der Waals surface area (Å²) in [6.07, 6.45) is 2.76. The predicted molar refractivity (Wildman–Crippen MR) is 82.8 cm³/mol. The molecule has 0 radical (unpaired) electrons. The van der Waals surface area contributed by atoms with Crippen molar-refractivity contribution >= 4 is 11.3 Å². The summed E-state index contributed by atoms with van der Waals surface area (Å²) in [5.41, 5.74) is 0.897. The van der Waals surface area contributed by atoms with Gasteiger partial charge in [0.25, 0.3) is 0 Å². The molecule has 1 N–H and O–H groups in total. The van der Waals surface area contributed by atoms with Crippen molar-refractivity contribution in [1.29, 1.82) is 0 Å². The first-order valence-corrected chi connectivity index (χ1v) is 8.31. The zero-order valence-corrected chi connectivity index (χ0v) is 13.3. The molecule has 3 heteroatoms. The fraction of sp³-hybridized carbons (Fsp3) is 0.750. The van der Waals surface area contributed by atoms with Crippen molar-refractivity contribution in [1.82, 2.24) is 10.2 Å². The summed E-state index contributed by atoms with van der Waals surface area (Å²) in [6.45, 7) is 13.1. The van der Waals surface area contributed by atoms with Gasteiger partial charge in [-0.1, -0.05) is 20.8 Å². The van der Waals surface area contributed by atoms with Gasteiger partial charge in [0.2, 0.25) is 0 Å². The van der Waals surface area contributed by atoms with E-state index >= 15 is 0 Å². The van der Waals surface area contributed by atoms with E-state index in [2.05, 4.69) is 43.1 Å². The molecule has 0 saturated carbocycles. The van der Waals surface area contributed by atoms with E-state index < -0.39 is 0 Å². The Morgan fingerprint density at radius 2 is 2.16 bits per heavy atom. The quantitative estimate of drug-likeness (QED) is 0.893. The standard InChI is InChI=1S/C16H26N2S/c1-15(2,3)14-5-4-13(19-14)10-18-9-7-16(12-18)6-8-17-11-16/h4-5,17H,6-12H2,1-3H3. The van der Waals surface area contributed by atoms with Crippen molar-refractivity contribution in [3.05, 3.63) is 21.9 Å². The van der Waals surface area contributed by atoms with Gasteiger partial charge in [-0.3, -0.25) is 4.90 Å². The highest BCUT2D eigenvalue weighted by atomic mass is 32.1. The molecule has 2 aliphatic rings. The number of hydrogen-bond donors (Lipinski definition) is 1. The van der Waals surface area contributed by atoms with Crippen LogP contribution < -0.4 is 5.32 Å². The summed E-state index contributed by atoms with van der Waals surface area (Å²) in [5, 5.41) is 3.54. The molecule has 1 aromatic rings. The number of likely N-dealkylation sites (tertiary alicyclic amines) is 1. The summed E-state index contributed by atoms with van der Waals surface area (Å²) >= 11 is 2.00. The van der Waals surface area contributed by atoms with Crippen molar-refractivity contribution in [3.63, 3.8) is 0 Å². The molecule has 2 saturated heterocycles. The lowest BCUT2D eigenvalue weighted by molar-refractivity contribution is 0.270. The fourth-order valence-electron chi connectivity index (χ4n) is 3.39. The monoisotopic (exact) mass is 278 g/mol. The van der Waals surface area contributed by atoms with Crippen molar-refractivity contribution < 1.29 is 0 Å². The second-order valence-corrected chi connectivity index (χ2v) is 8.57. The summed E-state index contributed by atoms with van der Waals surface area (Å²) in [4.78, 5) is 5.71. The molecule has 1 spiro atoms. The molecule has 2 nitrogen and oxygen atoms in total. The average Bonchev–Trinajstić information content (AvgIpc) is 3.01. The molecular weight excluding hydrogens is 252 g/mol. The van der Waals surface area contributed by atoms with E-state index in [4.69, 9.17) is 0 Å². The molecule has 0 bridgehead atoms. The molecule has 1 aromatic heterocycles. The van der Waals surface area contributed by atoms with Gasteiger partial charge in [-0.15, -0.1) is 11.3 Å². The maximum absolute atomic E-state index is 3.54. The third-order valence-corrected chi connectivity index (χ3v) is 6.13. The number of rotatable bonds is 2. The molecule has 3 rings (SSSR count). The van der Waals surface area contributed by atoms with Gasteiger partial charge in [0.1, 0.15) is 0 Å². The molecule has 2 aliphatic heterocycles. The van der Waals surface area contributed by atoms with Crippen LogP contribution in [0.15, 0.2) is 12.1 Å². The first-order valence-electron chi connectivity index (χ1n) is 7.49. The Morgan fingerprint density at radius 1 is 1.32 bits per heavy atom. The third-order valence-electron chi connectivity index (χ3n) is 4.63. The molecule has 0 amide bonds. The predicted octanol–water partition coefficient (Wildman–Crippen LogP) is 3.23. The number of thiophene rings is 1. The van der Waals surface area contributed by atoms with E-state index in [-0.39, 0.29) is 0 Å². The fourth-order valence-corrected chi connectivity index (χ4v) is 4.50. The van der Waals surface area contributed by atoms with Crippen LogP contribution in [0, 0.1) is 5.41 Å². The molecule has 1 unspecified atom stereocenters. The zero-order valence-electron chi connectivity index (χ0n) is 12.5. The summed E-state index contributed by atoms with van der Waals surface area (Å²) in [5.74, 6) is 0. The van der Waals surface area contributed by atoms with Gasteiger partial charge in [-0.2, -0.15) is 0 Å². The van der Waals surface area contributed by atoms with Gasteiger partial charge in [0.05, 0.1) is 0 Å². The van der Waals surface area contributed by atoms with E-state index in [0.29, 0.717) is 10.8 Å². The minimum absolute atomic E-state index is 0.296. The molecular formula is C16H26N2S. The normalized spacial score (nSPS) is 28.6. The summed E-state index contributed by atoms with van der Waals surface area (Å²) in [6, 6.07) is 4.66. The smallest absolute Gasteiger partial charge is 0.0328 e. The Bertz CT molecular complexity index is 438. The molecule has 0 aromatic carbocycles. The molecule has 3 heterocycles. The lowest BCUT2D eigenvalue weighted by Gasteiger charge is -2.22. The van der Waals surface area contributed by atoms with Crippen molar-refractivity contribution in [2.24, 2.45) is 5.41 Å². The Kier molecular flexibility index (Phi) is 3.48. The third kappa shape index (κ3) is 2.88. The van der Waals surface area contributed by atoms with Crippen molar-refractivity contribution in [3.8, 4) is 0 Å². The molecule has 0 aliphatic carbocycles. The topological polar surface area (TPSA) is 15.3 Å². The minimum atomic E-state index is 0.296. The second-order valence-electron chi connectivity index (χ2n) is 7.40. The number of nitrogens with zero attached hydrogens (tertiary/aromatic N) is 1. The lowest BCUT2D eigenvalue weighted by atomic mass is 9.87.